The first-order valence-electron chi connectivity index (χ1n) is 9.83. The Morgan fingerprint density at radius 3 is 2.83 bits per heavy atom. The number of halogens is 2. The third-order valence-corrected chi connectivity index (χ3v) is 7.38. The zero-order valence-electron chi connectivity index (χ0n) is 16.9. The van der Waals surface area contributed by atoms with Crippen molar-refractivity contribution in [1.82, 2.24) is 24.6 Å². The summed E-state index contributed by atoms with van der Waals surface area (Å²) >= 11 is 6.34. The smallest absolute Gasteiger partial charge is 0.221 e. The first-order chi connectivity index (χ1) is 14.2. The molecule has 0 unspecified atom stereocenters. The predicted octanol–water partition coefficient (Wildman–Crippen LogP) is 2.55. The van der Waals surface area contributed by atoms with Crippen molar-refractivity contribution in [2.75, 3.05) is 25.4 Å². The van der Waals surface area contributed by atoms with Crippen molar-refractivity contribution < 1.29 is 17.6 Å². The van der Waals surface area contributed by atoms with E-state index in [4.69, 9.17) is 11.6 Å². The molecule has 0 bridgehead atoms. The number of nitrogens with one attached hydrogen (secondary N) is 2. The third kappa shape index (κ3) is 5.16. The van der Waals surface area contributed by atoms with E-state index in [1.165, 1.54) is 16.4 Å². The lowest BCUT2D eigenvalue weighted by Crippen LogP contribution is -2.43. The number of amides is 1. The average molecular weight is 458 g/mol. The third-order valence-electron chi connectivity index (χ3n) is 5.25. The predicted molar refractivity (Wildman–Crippen MR) is 112 cm³/mol. The number of rotatable bonds is 7. The van der Waals surface area contributed by atoms with Crippen molar-refractivity contribution in [2.24, 2.45) is 5.92 Å². The number of sulfonamides is 1. The SMILES string of the molecule is CCNC(=O)CCS(=O)(=O)N1CC[C@@H](c2[nH]c(-c3ccc(F)cn3)nc2Cl)[C@@H](C)C1. The molecular formula is C19H25ClFN5O3S. The number of imidazole rings is 1. The van der Waals surface area contributed by atoms with E-state index in [-0.39, 0.29) is 29.9 Å². The monoisotopic (exact) mass is 457 g/mol. The molecule has 0 saturated carbocycles. The fourth-order valence-electron chi connectivity index (χ4n) is 3.67. The number of nitrogens with zero attached hydrogens (tertiary/aromatic N) is 3. The maximum absolute atomic E-state index is 13.1. The molecule has 1 aliphatic heterocycles. The number of pyridine rings is 1. The summed E-state index contributed by atoms with van der Waals surface area (Å²) in [5.74, 6) is -0.485. The molecule has 0 spiro atoms. The van der Waals surface area contributed by atoms with Gasteiger partial charge in [-0.3, -0.25) is 4.79 Å². The second-order valence-electron chi connectivity index (χ2n) is 7.40. The molecule has 0 aliphatic carbocycles. The van der Waals surface area contributed by atoms with Crippen molar-refractivity contribution >= 4 is 27.5 Å². The lowest BCUT2D eigenvalue weighted by Gasteiger charge is -2.35. The topological polar surface area (TPSA) is 108 Å². The van der Waals surface area contributed by atoms with Crippen LogP contribution in [0.25, 0.3) is 11.5 Å². The van der Waals surface area contributed by atoms with E-state index >= 15 is 0 Å². The first kappa shape index (κ1) is 22.6. The van der Waals surface area contributed by atoms with Crippen LogP contribution in [0.15, 0.2) is 18.3 Å². The Bertz CT molecular complexity index is 996. The van der Waals surface area contributed by atoms with Crippen LogP contribution in [0, 0.1) is 11.7 Å². The molecular weight excluding hydrogens is 433 g/mol. The quantitative estimate of drug-likeness (QED) is 0.664. The molecule has 2 aromatic rings. The molecule has 1 fully saturated rings. The van der Waals surface area contributed by atoms with Gasteiger partial charge in [0.25, 0.3) is 0 Å². The highest BCUT2D eigenvalue weighted by atomic mass is 35.5. The van der Waals surface area contributed by atoms with Gasteiger partial charge in [-0.2, -0.15) is 0 Å². The summed E-state index contributed by atoms with van der Waals surface area (Å²) in [6.45, 7) is 4.90. The zero-order valence-corrected chi connectivity index (χ0v) is 18.4. The van der Waals surface area contributed by atoms with Gasteiger partial charge in [-0.1, -0.05) is 18.5 Å². The number of carbonyl (C=O) groups excluding carboxylic acids is 1. The molecule has 164 valence electrons. The molecule has 3 rings (SSSR count). The Hall–Kier alpha value is -2.04. The van der Waals surface area contributed by atoms with Crippen LogP contribution in [0.3, 0.4) is 0 Å². The highest BCUT2D eigenvalue weighted by Crippen LogP contribution is 2.37. The highest BCUT2D eigenvalue weighted by Gasteiger charge is 2.35. The fraction of sp³-hybridized carbons (Fsp3) is 0.526. The van der Waals surface area contributed by atoms with E-state index < -0.39 is 15.8 Å². The second-order valence-corrected chi connectivity index (χ2v) is 9.85. The zero-order chi connectivity index (χ0) is 21.9. The van der Waals surface area contributed by atoms with E-state index in [0.717, 1.165) is 11.9 Å². The summed E-state index contributed by atoms with van der Waals surface area (Å²) in [4.78, 5) is 23.1. The first-order valence-corrected chi connectivity index (χ1v) is 11.8. The molecule has 1 saturated heterocycles. The molecule has 3 heterocycles. The summed E-state index contributed by atoms with van der Waals surface area (Å²) in [6.07, 6.45) is 1.63. The number of aromatic amines is 1. The van der Waals surface area contributed by atoms with Crippen molar-refractivity contribution in [3.05, 3.63) is 35.0 Å². The Morgan fingerprint density at radius 2 is 2.20 bits per heavy atom. The van der Waals surface area contributed by atoms with Gasteiger partial charge in [0.2, 0.25) is 15.9 Å². The maximum atomic E-state index is 13.1. The standard InChI is InChI=1S/C19H25ClFN5O3S/c1-3-22-16(27)7-9-30(28,29)26-8-6-14(12(2)11-26)17-18(20)25-19(24-17)15-5-4-13(21)10-23-15/h4-5,10,12,14H,3,6-9,11H2,1-2H3,(H,22,27)(H,24,25)/t12-,14+/m0/s1. The maximum Gasteiger partial charge on any atom is 0.221 e. The molecule has 2 atom stereocenters. The number of aromatic nitrogens is 3. The second kappa shape index (κ2) is 9.40. The van der Waals surface area contributed by atoms with Gasteiger partial charge in [0.15, 0.2) is 11.0 Å². The molecule has 11 heteroatoms. The van der Waals surface area contributed by atoms with Crippen LogP contribution >= 0.6 is 11.6 Å². The van der Waals surface area contributed by atoms with E-state index in [0.29, 0.717) is 42.7 Å². The molecule has 2 aromatic heterocycles. The summed E-state index contributed by atoms with van der Waals surface area (Å²) < 4.78 is 39.8. The van der Waals surface area contributed by atoms with E-state index in [2.05, 4.69) is 20.3 Å². The van der Waals surface area contributed by atoms with Gasteiger partial charge >= 0.3 is 0 Å². The molecule has 1 aliphatic rings. The minimum absolute atomic E-state index is 0.00552. The number of hydrogen-bond acceptors (Lipinski definition) is 5. The minimum atomic E-state index is -3.52. The number of carbonyl (C=O) groups is 1. The van der Waals surface area contributed by atoms with E-state index in [1.807, 2.05) is 6.92 Å². The van der Waals surface area contributed by atoms with E-state index in [9.17, 15) is 17.6 Å². The van der Waals surface area contributed by atoms with Crippen LogP contribution in [0.5, 0.6) is 0 Å². The number of H-pyrrole nitrogens is 1. The molecule has 8 nitrogen and oxygen atoms in total. The largest absolute Gasteiger partial charge is 0.356 e. The van der Waals surface area contributed by atoms with Gasteiger partial charge in [0.05, 0.1) is 17.6 Å². The van der Waals surface area contributed by atoms with Crippen LogP contribution in [0.1, 0.15) is 38.3 Å². The van der Waals surface area contributed by atoms with Gasteiger partial charge in [-0.15, -0.1) is 0 Å². The molecule has 0 radical (unpaired) electrons. The van der Waals surface area contributed by atoms with Crippen LogP contribution < -0.4 is 5.32 Å². The van der Waals surface area contributed by atoms with Crippen molar-refractivity contribution in [3.63, 3.8) is 0 Å². The van der Waals surface area contributed by atoms with Crippen molar-refractivity contribution in [1.29, 1.82) is 0 Å². The summed E-state index contributed by atoms with van der Waals surface area (Å²) in [6, 6.07) is 2.81. The van der Waals surface area contributed by atoms with Crippen LogP contribution in [-0.4, -0.2) is 59.0 Å². The lowest BCUT2D eigenvalue weighted by molar-refractivity contribution is -0.120. The summed E-state index contributed by atoms with van der Waals surface area (Å²) in [5, 5.41) is 2.92. The van der Waals surface area contributed by atoms with Gasteiger partial charge in [-0.05, 0) is 31.4 Å². The Morgan fingerprint density at radius 1 is 1.43 bits per heavy atom. The van der Waals surface area contributed by atoms with Gasteiger partial charge < -0.3 is 10.3 Å². The fourth-order valence-corrected chi connectivity index (χ4v) is 5.49. The van der Waals surface area contributed by atoms with Gasteiger partial charge in [0, 0.05) is 32.0 Å². The molecule has 0 aromatic carbocycles. The number of hydrogen-bond donors (Lipinski definition) is 2. The van der Waals surface area contributed by atoms with Crippen LogP contribution in [-0.2, 0) is 14.8 Å². The van der Waals surface area contributed by atoms with E-state index in [1.54, 1.807) is 6.92 Å². The minimum Gasteiger partial charge on any atom is -0.356 e. The van der Waals surface area contributed by atoms with Gasteiger partial charge in [0.1, 0.15) is 11.5 Å². The van der Waals surface area contributed by atoms with Crippen LogP contribution in [0.2, 0.25) is 5.15 Å². The van der Waals surface area contributed by atoms with Crippen molar-refractivity contribution in [2.45, 2.75) is 32.6 Å². The van der Waals surface area contributed by atoms with Gasteiger partial charge in [-0.25, -0.2) is 27.1 Å². The summed E-state index contributed by atoms with van der Waals surface area (Å²) in [7, 11) is -3.52. The average Bonchev–Trinajstić information content (AvgIpc) is 3.08. The lowest BCUT2D eigenvalue weighted by atomic mass is 9.86. The normalized spacial score (nSPS) is 20.3. The highest BCUT2D eigenvalue weighted by molar-refractivity contribution is 7.89. The Balaban J connectivity index is 1.68. The summed E-state index contributed by atoms with van der Waals surface area (Å²) in [5.41, 5.74) is 1.20. The number of piperidine rings is 1. The Kier molecular flexibility index (Phi) is 7.10. The molecule has 1 amide bonds. The molecule has 30 heavy (non-hydrogen) atoms. The Labute approximate surface area is 180 Å². The van der Waals surface area contributed by atoms with Crippen LogP contribution in [0.4, 0.5) is 4.39 Å². The van der Waals surface area contributed by atoms with Crippen molar-refractivity contribution in [3.8, 4) is 11.5 Å². The molecule has 2 N–H and O–H groups in total.